The highest BCUT2D eigenvalue weighted by Crippen LogP contribution is 2.50. The number of hydrogen-bond acceptors (Lipinski definition) is 4. The Bertz CT molecular complexity index is 1050. The molecule has 2 fully saturated rings. The van der Waals surface area contributed by atoms with Gasteiger partial charge in [0.2, 0.25) is 0 Å². The van der Waals surface area contributed by atoms with Crippen molar-refractivity contribution >= 4 is 16.9 Å². The molecule has 5 rings (SSSR count). The Morgan fingerprint density at radius 3 is 2.88 bits per heavy atom. The van der Waals surface area contributed by atoms with Gasteiger partial charge in [-0.2, -0.15) is 5.10 Å². The molecule has 2 N–H and O–H groups in total. The minimum absolute atomic E-state index is 0.0122. The maximum atomic E-state index is 14.5. The largest absolute Gasteiger partial charge is 0.464 e. The molecule has 0 spiro atoms. The molecule has 1 aliphatic carbocycles. The molecule has 134 valence electrons. The molecule has 3 aromatic rings. The number of halogens is 1. The summed E-state index contributed by atoms with van der Waals surface area (Å²) in [6.45, 7) is 0.516. The van der Waals surface area contributed by atoms with E-state index in [0.29, 0.717) is 29.3 Å². The van der Waals surface area contributed by atoms with Crippen LogP contribution >= 0.6 is 0 Å². The van der Waals surface area contributed by atoms with Crippen LogP contribution < -0.4 is 5.69 Å². The van der Waals surface area contributed by atoms with Crippen molar-refractivity contribution in [1.29, 1.82) is 0 Å². The number of nitrogens with one attached hydrogen (secondary N) is 2. The lowest BCUT2D eigenvalue weighted by Gasteiger charge is -2.26. The Morgan fingerprint density at radius 1 is 1.31 bits per heavy atom. The normalized spacial score (nSPS) is 23.0. The average molecular weight is 356 g/mol. The smallest absolute Gasteiger partial charge is 0.340 e. The van der Waals surface area contributed by atoms with Crippen molar-refractivity contribution in [1.82, 2.24) is 20.1 Å². The number of carbonyl (C=O) groups excluding carboxylic acids is 1. The lowest BCUT2D eigenvalue weighted by Crippen LogP contribution is -2.34. The Labute approximate surface area is 147 Å². The molecule has 3 heterocycles. The van der Waals surface area contributed by atoms with Gasteiger partial charge in [-0.25, -0.2) is 14.3 Å². The molecule has 2 aliphatic rings. The topological polar surface area (TPSA) is 95.0 Å². The molecule has 0 bridgehead atoms. The van der Waals surface area contributed by atoms with Gasteiger partial charge in [-0.05, 0) is 43.2 Å². The zero-order valence-corrected chi connectivity index (χ0v) is 13.9. The van der Waals surface area contributed by atoms with E-state index in [0.717, 1.165) is 19.3 Å². The fourth-order valence-electron chi connectivity index (χ4n) is 4.14. The number of H-pyrrole nitrogens is 2. The number of amides is 1. The number of furan rings is 1. The fraction of sp³-hybridized carbons (Fsp3) is 0.389. The predicted octanol–water partition coefficient (Wildman–Crippen LogP) is 2.60. The minimum atomic E-state index is -0.610. The second kappa shape index (κ2) is 5.55. The number of fused-ring (bicyclic) bond motifs is 1. The van der Waals surface area contributed by atoms with Crippen molar-refractivity contribution in [2.24, 2.45) is 11.8 Å². The first-order valence-electron chi connectivity index (χ1n) is 8.74. The van der Waals surface area contributed by atoms with E-state index in [-0.39, 0.29) is 23.4 Å². The summed E-state index contributed by atoms with van der Waals surface area (Å²) in [6, 6.07) is 4.12. The highest BCUT2D eigenvalue weighted by Gasteiger charge is 2.47. The number of likely N-dealkylation sites (tertiary alicyclic amines) is 1. The molecule has 2 unspecified atom stereocenters. The summed E-state index contributed by atoms with van der Waals surface area (Å²) in [5, 5.41) is 7.10. The van der Waals surface area contributed by atoms with Crippen LogP contribution in [0.3, 0.4) is 0 Å². The number of rotatable bonds is 3. The second-order valence-electron chi connectivity index (χ2n) is 7.09. The summed E-state index contributed by atoms with van der Waals surface area (Å²) in [6.07, 6.45) is 4.53. The van der Waals surface area contributed by atoms with E-state index in [1.807, 2.05) is 0 Å². The number of nitrogens with zero attached hydrogens (tertiary/aromatic N) is 2. The monoisotopic (exact) mass is 356 g/mol. The number of carbonyl (C=O) groups is 1. The molecule has 1 amide bonds. The first-order valence-corrected chi connectivity index (χ1v) is 8.74. The third-order valence-electron chi connectivity index (χ3n) is 5.51. The van der Waals surface area contributed by atoms with Gasteiger partial charge in [-0.1, -0.05) is 0 Å². The second-order valence-corrected chi connectivity index (χ2v) is 7.09. The van der Waals surface area contributed by atoms with Crippen LogP contribution in [0.4, 0.5) is 4.39 Å². The average Bonchev–Trinajstić information content (AvgIpc) is 3.03. The van der Waals surface area contributed by atoms with Crippen LogP contribution in [0.2, 0.25) is 0 Å². The van der Waals surface area contributed by atoms with Gasteiger partial charge >= 0.3 is 5.69 Å². The SMILES string of the molecule is O=C(c1cc2ccoc2cc1F)N1CCC(C2CC2)C1c1n[nH]c(=O)[nH]1. The van der Waals surface area contributed by atoms with Crippen LogP contribution in [0.25, 0.3) is 11.0 Å². The molecule has 2 aromatic heterocycles. The van der Waals surface area contributed by atoms with Gasteiger partial charge in [0.05, 0.1) is 17.9 Å². The minimum Gasteiger partial charge on any atom is -0.464 e. The van der Waals surface area contributed by atoms with Gasteiger partial charge in [-0.15, -0.1) is 0 Å². The van der Waals surface area contributed by atoms with Gasteiger partial charge in [-0.3, -0.25) is 9.78 Å². The predicted molar refractivity (Wildman–Crippen MR) is 90.0 cm³/mol. The van der Waals surface area contributed by atoms with Crippen molar-refractivity contribution in [2.45, 2.75) is 25.3 Å². The van der Waals surface area contributed by atoms with E-state index in [1.54, 1.807) is 11.0 Å². The van der Waals surface area contributed by atoms with Crippen molar-refractivity contribution in [3.05, 3.63) is 52.2 Å². The van der Waals surface area contributed by atoms with E-state index in [4.69, 9.17) is 4.42 Å². The summed E-state index contributed by atoms with van der Waals surface area (Å²) in [4.78, 5) is 29.0. The molecule has 1 saturated heterocycles. The van der Waals surface area contributed by atoms with Crippen LogP contribution in [0, 0.1) is 17.7 Å². The fourth-order valence-corrected chi connectivity index (χ4v) is 4.14. The zero-order valence-electron chi connectivity index (χ0n) is 13.9. The lowest BCUT2D eigenvalue weighted by atomic mass is 9.94. The summed E-state index contributed by atoms with van der Waals surface area (Å²) < 4.78 is 19.7. The van der Waals surface area contributed by atoms with Crippen LogP contribution in [0.5, 0.6) is 0 Å². The van der Waals surface area contributed by atoms with Crippen LogP contribution in [-0.2, 0) is 0 Å². The maximum absolute atomic E-state index is 14.5. The van der Waals surface area contributed by atoms with E-state index in [1.165, 1.54) is 18.4 Å². The first kappa shape index (κ1) is 15.4. The number of aromatic amines is 2. The van der Waals surface area contributed by atoms with Gasteiger partial charge in [0.15, 0.2) is 5.82 Å². The summed E-state index contributed by atoms with van der Waals surface area (Å²) >= 11 is 0. The van der Waals surface area contributed by atoms with Crippen molar-refractivity contribution in [3.63, 3.8) is 0 Å². The van der Waals surface area contributed by atoms with Crippen LogP contribution in [-0.4, -0.2) is 32.5 Å². The first-order chi connectivity index (χ1) is 12.6. The van der Waals surface area contributed by atoms with Crippen molar-refractivity contribution in [2.75, 3.05) is 6.54 Å². The summed E-state index contributed by atoms with van der Waals surface area (Å²) in [5.74, 6) is 0.213. The third-order valence-corrected chi connectivity index (χ3v) is 5.51. The Balaban J connectivity index is 1.55. The highest BCUT2D eigenvalue weighted by atomic mass is 19.1. The molecule has 1 aromatic carbocycles. The molecular formula is C18H17FN4O3. The molecule has 7 nitrogen and oxygen atoms in total. The van der Waals surface area contributed by atoms with E-state index >= 15 is 0 Å². The zero-order chi connectivity index (χ0) is 17.8. The van der Waals surface area contributed by atoms with Crippen LogP contribution in [0.1, 0.15) is 41.5 Å². The van der Waals surface area contributed by atoms with E-state index < -0.39 is 11.5 Å². The van der Waals surface area contributed by atoms with Crippen molar-refractivity contribution < 1.29 is 13.6 Å². The van der Waals surface area contributed by atoms with Gasteiger partial charge in [0.1, 0.15) is 11.4 Å². The number of aromatic nitrogens is 3. The standard InChI is InChI=1S/C18H17FN4O3/c19-13-8-14-10(4-6-26-14)7-12(13)17(24)23-5-3-11(9-1-2-9)15(23)16-20-18(25)22-21-16/h4,6-9,11,15H,1-3,5H2,(H2,20,21,22,25). The van der Waals surface area contributed by atoms with Crippen LogP contribution in [0.15, 0.2) is 33.7 Å². The van der Waals surface area contributed by atoms with Gasteiger partial charge in [0, 0.05) is 18.0 Å². The Hall–Kier alpha value is -2.90. The number of benzene rings is 1. The summed E-state index contributed by atoms with van der Waals surface area (Å²) in [5.41, 5.74) is 0.0163. The van der Waals surface area contributed by atoms with Gasteiger partial charge in [0.25, 0.3) is 5.91 Å². The van der Waals surface area contributed by atoms with E-state index in [9.17, 15) is 14.0 Å². The Morgan fingerprint density at radius 2 is 2.15 bits per heavy atom. The van der Waals surface area contributed by atoms with Crippen molar-refractivity contribution in [3.8, 4) is 0 Å². The lowest BCUT2D eigenvalue weighted by molar-refractivity contribution is 0.0700. The molecule has 1 aliphatic heterocycles. The quantitative estimate of drug-likeness (QED) is 0.754. The maximum Gasteiger partial charge on any atom is 0.340 e. The molecule has 8 heteroatoms. The Kier molecular flexibility index (Phi) is 3.28. The number of hydrogen-bond donors (Lipinski definition) is 2. The molecule has 2 atom stereocenters. The van der Waals surface area contributed by atoms with E-state index in [2.05, 4.69) is 15.2 Å². The third kappa shape index (κ3) is 2.36. The van der Waals surface area contributed by atoms with Gasteiger partial charge < -0.3 is 9.32 Å². The summed E-state index contributed by atoms with van der Waals surface area (Å²) in [7, 11) is 0. The molecule has 0 radical (unpaired) electrons. The highest BCUT2D eigenvalue weighted by molar-refractivity contribution is 5.98. The molecule has 1 saturated carbocycles. The molecule has 26 heavy (non-hydrogen) atoms. The molecular weight excluding hydrogens is 339 g/mol.